The lowest BCUT2D eigenvalue weighted by atomic mass is 9.99. The topological polar surface area (TPSA) is 74.9 Å². The summed E-state index contributed by atoms with van der Waals surface area (Å²) in [6.07, 6.45) is 3.28. The van der Waals surface area contributed by atoms with Gasteiger partial charge in [-0.2, -0.15) is 0 Å². The molecule has 0 bridgehead atoms. The Kier molecular flexibility index (Phi) is 11.8. The van der Waals surface area contributed by atoms with Gasteiger partial charge in [0.05, 0.1) is 11.8 Å². The molecule has 1 aromatic heterocycles. The average molecular weight is 382 g/mol. The summed E-state index contributed by atoms with van der Waals surface area (Å²) in [6.45, 7) is 12.2. The van der Waals surface area contributed by atoms with Gasteiger partial charge in [0.1, 0.15) is 6.54 Å². The smallest absolute Gasteiger partial charge is 0.191 e. The summed E-state index contributed by atoms with van der Waals surface area (Å²) in [5, 5.41) is 10.9. The summed E-state index contributed by atoms with van der Waals surface area (Å²) in [6, 6.07) is 2.03. The van der Waals surface area contributed by atoms with Crippen molar-refractivity contribution in [3.05, 3.63) is 17.5 Å². The van der Waals surface area contributed by atoms with Gasteiger partial charge in [-0.25, -0.2) is 4.99 Å². The molecule has 0 saturated carbocycles. The zero-order valence-corrected chi connectivity index (χ0v) is 18.0. The molecule has 1 atom stereocenters. The van der Waals surface area contributed by atoms with Crippen LogP contribution in [0.25, 0.3) is 0 Å². The fourth-order valence-corrected chi connectivity index (χ4v) is 2.89. The molecule has 0 fully saturated rings. The first-order valence-electron chi connectivity index (χ1n) is 10.3. The van der Waals surface area contributed by atoms with Crippen LogP contribution in [0.1, 0.15) is 64.3 Å². The molecule has 27 heavy (non-hydrogen) atoms. The average Bonchev–Trinajstić information content (AvgIpc) is 3.11. The van der Waals surface area contributed by atoms with Crippen molar-refractivity contribution < 1.29 is 9.26 Å². The van der Waals surface area contributed by atoms with Crippen LogP contribution in [0.4, 0.5) is 0 Å². The lowest BCUT2D eigenvalue weighted by Crippen LogP contribution is -2.42. The lowest BCUT2D eigenvalue weighted by molar-refractivity contribution is 0.0548. The minimum atomic E-state index is 0.160. The highest BCUT2D eigenvalue weighted by Crippen LogP contribution is 2.22. The molecule has 0 saturated heterocycles. The Bertz CT molecular complexity index is 526. The Morgan fingerprint density at radius 1 is 1.22 bits per heavy atom. The molecule has 1 unspecified atom stereocenters. The van der Waals surface area contributed by atoms with Crippen LogP contribution in [0, 0.1) is 0 Å². The maximum absolute atomic E-state index is 5.84. The molecular formula is C20H39N5O2. The van der Waals surface area contributed by atoms with Gasteiger partial charge in [0.15, 0.2) is 11.7 Å². The number of ether oxygens (including phenoxy) is 1. The van der Waals surface area contributed by atoms with Gasteiger partial charge >= 0.3 is 0 Å². The summed E-state index contributed by atoms with van der Waals surface area (Å²) in [5.41, 5.74) is 1.03. The quantitative estimate of drug-likeness (QED) is 0.404. The van der Waals surface area contributed by atoms with Crippen molar-refractivity contribution in [1.82, 2.24) is 20.7 Å². The molecule has 0 amide bonds. The Hall–Kier alpha value is -1.60. The van der Waals surface area contributed by atoms with Crippen molar-refractivity contribution in [2.45, 2.75) is 65.5 Å². The van der Waals surface area contributed by atoms with E-state index in [1.807, 2.05) is 13.0 Å². The fourth-order valence-electron chi connectivity index (χ4n) is 2.89. The first-order valence-corrected chi connectivity index (χ1v) is 10.3. The Morgan fingerprint density at radius 3 is 2.56 bits per heavy atom. The van der Waals surface area contributed by atoms with Gasteiger partial charge in [0.25, 0.3) is 0 Å². The predicted octanol–water partition coefficient (Wildman–Crippen LogP) is 2.99. The number of hydrogen-bond donors (Lipinski definition) is 2. The van der Waals surface area contributed by atoms with E-state index in [1.54, 1.807) is 0 Å². The van der Waals surface area contributed by atoms with Gasteiger partial charge in [-0.1, -0.05) is 19.0 Å². The number of nitrogens with one attached hydrogen (secondary N) is 2. The molecule has 0 aromatic carbocycles. The lowest BCUT2D eigenvalue weighted by Gasteiger charge is -2.21. The molecule has 0 aliphatic carbocycles. The highest BCUT2D eigenvalue weighted by atomic mass is 16.5. The number of hydrogen-bond acceptors (Lipinski definition) is 5. The monoisotopic (exact) mass is 381 g/mol. The normalized spacial score (nSPS) is 13.4. The van der Waals surface area contributed by atoms with Crippen molar-refractivity contribution >= 4 is 5.96 Å². The molecule has 7 heteroatoms. The summed E-state index contributed by atoms with van der Waals surface area (Å²) < 4.78 is 11.3. The Balaban J connectivity index is 2.62. The maximum atomic E-state index is 5.84. The van der Waals surface area contributed by atoms with Crippen LogP contribution in [-0.4, -0.2) is 62.5 Å². The van der Waals surface area contributed by atoms with Gasteiger partial charge in [-0.15, -0.1) is 0 Å². The van der Waals surface area contributed by atoms with Crippen molar-refractivity contribution in [2.75, 3.05) is 40.3 Å². The van der Waals surface area contributed by atoms with Gasteiger partial charge in [-0.3, -0.25) is 0 Å². The van der Waals surface area contributed by atoms with Crippen molar-refractivity contribution in [2.24, 2.45) is 4.99 Å². The molecule has 1 aromatic rings. The molecular weight excluding hydrogens is 342 g/mol. The minimum absolute atomic E-state index is 0.160. The molecule has 156 valence electrons. The van der Waals surface area contributed by atoms with E-state index in [4.69, 9.17) is 9.26 Å². The van der Waals surface area contributed by atoms with E-state index in [0.717, 1.165) is 56.3 Å². The van der Waals surface area contributed by atoms with Crippen LogP contribution in [0.15, 0.2) is 15.6 Å². The highest BCUT2D eigenvalue weighted by Gasteiger charge is 2.13. The van der Waals surface area contributed by atoms with Gasteiger partial charge in [-0.05, 0) is 47.2 Å². The Morgan fingerprint density at radius 2 is 1.96 bits per heavy atom. The van der Waals surface area contributed by atoms with E-state index in [9.17, 15) is 0 Å². The van der Waals surface area contributed by atoms with Crippen LogP contribution < -0.4 is 10.6 Å². The van der Waals surface area contributed by atoms with E-state index in [1.165, 1.54) is 0 Å². The third-order valence-electron chi connectivity index (χ3n) is 4.52. The van der Waals surface area contributed by atoms with E-state index in [2.05, 4.69) is 60.5 Å². The van der Waals surface area contributed by atoms with Gasteiger partial charge in [0, 0.05) is 38.2 Å². The van der Waals surface area contributed by atoms with Crippen molar-refractivity contribution in [3.63, 3.8) is 0 Å². The number of rotatable bonds is 13. The Labute approximate surface area is 164 Å². The van der Waals surface area contributed by atoms with E-state index < -0.39 is 0 Å². The van der Waals surface area contributed by atoms with Crippen LogP contribution in [0.2, 0.25) is 0 Å². The maximum Gasteiger partial charge on any atom is 0.191 e. The number of guanidine groups is 1. The molecule has 0 aliphatic rings. The van der Waals surface area contributed by atoms with Crippen LogP contribution in [0.5, 0.6) is 0 Å². The first kappa shape index (κ1) is 23.4. The van der Waals surface area contributed by atoms with Crippen molar-refractivity contribution in [3.8, 4) is 0 Å². The SMILES string of the molecule is CCNC(=NCc1cc(C(CC)CC)no1)NCC(CCN(C)C)OCC. The number of nitrogens with zero attached hydrogens (tertiary/aromatic N) is 3. The molecule has 2 N–H and O–H groups in total. The number of aliphatic imine (C=N–C) groups is 1. The van der Waals surface area contributed by atoms with Crippen LogP contribution in [0.3, 0.4) is 0 Å². The van der Waals surface area contributed by atoms with Crippen LogP contribution >= 0.6 is 0 Å². The minimum Gasteiger partial charge on any atom is -0.377 e. The standard InChI is InChI=1S/C20H39N5O2/c1-7-16(8-2)19-13-18(27-24-19)15-23-20(21-9-3)22-14-17(26-10-4)11-12-25(5)6/h13,16-17H,7-12,14-15H2,1-6H3,(H2,21,22,23). The van der Waals surface area contributed by atoms with Gasteiger partial charge < -0.3 is 24.8 Å². The zero-order chi connectivity index (χ0) is 20.1. The summed E-state index contributed by atoms with van der Waals surface area (Å²) in [4.78, 5) is 6.80. The van der Waals surface area contributed by atoms with E-state index in [-0.39, 0.29) is 6.10 Å². The molecule has 7 nitrogen and oxygen atoms in total. The summed E-state index contributed by atoms with van der Waals surface area (Å²) in [7, 11) is 4.16. The second kappa shape index (κ2) is 13.6. The first-order chi connectivity index (χ1) is 13.0. The number of aromatic nitrogens is 1. The molecule has 0 aliphatic heterocycles. The zero-order valence-electron chi connectivity index (χ0n) is 18.0. The summed E-state index contributed by atoms with van der Waals surface area (Å²) >= 11 is 0. The van der Waals surface area contributed by atoms with Crippen molar-refractivity contribution in [1.29, 1.82) is 0 Å². The third-order valence-corrected chi connectivity index (χ3v) is 4.52. The fraction of sp³-hybridized carbons (Fsp3) is 0.800. The third kappa shape index (κ3) is 9.24. The van der Waals surface area contributed by atoms with E-state index >= 15 is 0 Å². The predicted molar refractivity (Wildman–Crippen MR) is 111 cm³/mol. The summed E-state index contributed by atoms with van der Waals surface area (Å²) in [5.74, 6) is 2.03. The van der Waals surface area contributed by atoms with E-state index in [0.29, 0.717) is 19.1 Å². The largest absolute Gasteiger partial charge is 0.377 e. The highest BCUT2D eigenvalue weighted by molar-refractivity contribution is 5.79. The molecule has 0 radical (unpaired) electrons. The molecule has 1 heterocycles. The molecule has 0 spiro atoms. The van der Waals surface area contributed by atoms with Crippen LogP contribution in [-0.2, 0) is 11.3 Å². The second-order valence-corrected chi connectivity index (χ2v) is 6.98. The van der Waals surface area contributed by atoms with Gasteiger partial charge in [0.2, 0.25) is 0 Å². The second-order valence-electron chi connectivity index (χ2n) is 6.98. The molecule has 1 rings (SSSR count).